The van der Waals surface area contributed by atoms with Gasteiger partial charge < -0.3 is 15.0 Å². The molecule has 2 unspecified atom stereocenters. The second kappa shape index (κ2) is 4.34. The normalized spacial score (nSPS) is 28.0. The predicted molar refractivity (Wildman–Crippen MR) is 64.4 cm³/mol. The van der Waals surface area contributed by atoms with Crippen LogP contribution in [0.1, 0.15) is 24.5 Å². The summed E-state index contributed by atoms with van der Waals surface area (Å²) in [5, 5.41) is 13.1. The van der Waals surface area contributed by atoms with Gasteiger partial charge in [0.15, 0.2) is 5.16 Å². The van der Waals surface area contributed by atoms with Gasteiger partial charge in [-0.25, -0.2) is 4.98 Å². The molecule has 0 aromatic carbocycles. The average molecular weight is 253 g/mol. The Bertz CT molecular complexity index is 424. The molecule has 2 atom stereocenters. The van der Waals surface area contributed by atoms with Crippen LogP contribution in [0.5, 0.6) is 0 Å². The van der Waals surface area contributed by atoms with E-state index in [9.17, 15) is 4.79 Å². The summed E-state index contributed by atoms with van der Waals surface area (Å²) in [6, 6.07) is -0.419. The summed E-state index contributed by atoms with van der Waals surface area (Å²) in [6.07, 6.45) is 3.73. The van der Waals surface area contributed by atoms with E-state index in [0.717, 1.165) is 36.1 Å². The molecule has 0 radical (unpaired) electrons. The van der Waals surface area contributed by atoms with E-state index in [2.05, 4.69) is 21.1 Å². The van der Waals surface area contributed by atoms with Gasteiger partial charge in [0, 0.05) is 24.4 Å². The van der Waals surface area contributed by atoms with Gasteiger partial charge in [-0.1, -0.05) is 11.8 Å². The second-order valence-electron chi connectivity index (χ2n) is 4.56. The highest BCUT2D eigenvalue weighted by molar-refractivity contribution is 7.99. The standard InChI is InChI=1S/C11H15N3O2S/c15-10(16)8-5-7(1-2-12-8)9-6-14-3-4-17-11(14)13-9/h6-8,12H,1-5H2,(H,15,16). The summed E-state index contributed by atoms with van der Waals surface area (Å²) in [4.78, 5) is 15.6. The Hall–Kier alpha value is -1.01. The van der Waals surface area contributed by atoms with Crippen molar-refractivity contribution in [1.29, 1.82) is 0 Å². The third-order valence-electron chi connectivity index (χ3n) is 3.44. The molecule has 1 aromatic heterocycles. The fourth-order valence-corrected chi connectivity index (χ4v) is 3.45. The van der Waals surface area contributed by atoms with E-state index in [-0.39, 0.29) is 5.92 Å². The topological polar surface area (TPSA) is 67.1 Å². The van der Waals surface area contributed by atoms with E-state index < -0.39 is 12.0 Å². The molecule has 1 aromatic rings. The number of fused-ring (bicyclic) bond motifs is 1. The summed E-state index contributed by atoms with van der Waals surface area (Å²) in [5.41, 5.74) is 1.07. The number of thioether (sulfide) groups is 1. The fraction of sp³-hybridized carbons (Fsp3) is 0.636. The van der Waals surface area contributed by atoms with Crippen LogP contribution in [0.15, 0.2) is 11.4 Å². The Labute approximate surface area is 104 Å². The molecule has 2 aliphatic heterocycles. The van der Waals surface area contributed by atoms with Crippen molar-refractivity contribution in [2.24, 2.45) is 0 Å². The fourth-order valence-electron chi connectivity index (χ4n) is 2.50. The van der Waals surface area contributed by atoms with Crippen molar-refractivity contribution in [2.45, 2.75) is 36.5 Å². The minimum atomic E-state index is -0.754. The Morgan fingerprint density at radius 1 is 1.65 bits per heavy atom. The van der Waals surface area contributed by atoms with E-state index in [1.807, 2.05) is 0 Å². The first kappa shape index (κ1) is 11.1. The monoisotopic (exact) mass is 253 g/mol. The number of imidazole rings is 1. The number of aliphatic carboxylic acids is 1. The minimum Gasteiger partial charge on any atom is -0.480 e. The maximum Gasteiger partial charge on any atom is 0.320 e. The summed E-state index contributed by atoms with van der Waals surface area (Å²) in [7, 11) is 0. The van der Waals surface area contributed by atoms with Gasteiger partial charge in [0.2, 0.25) is 0 Å². The van der Waals surface area contributed by atoms with E-state index in [1.165, 1.54) is 0 Å². The number of carboxylic acids is 1. The van der Waals surface area contributed by atoms with Crippen LogP contribution in [-0.2, 0) is 11.3 Å². The van der Waals surface area contributed by atoms with Gasteiger partial charge >= 0.3 is 5.97 Å². The molecule has 92 valence electrons. The Morgan fingerprint density at radius 2 is 2.53 bits per heavy atom. The van der Waals surface area contributed by atoms with Crippen LogP contribution in [0, 0.1) is 0 Å². The molecule has 2 aliphatic rings. The number of aromatic nitrogens is 2. The number of piperidine rings is 1. The molecule has 3 rings (SSSR count). The van der Waals surface area contributed by atoms with E-state index in [1.54, 1.807) is 11.8 Å². The number of nitrogens with one attached hydrogen (secondary N) is 1. The molecule has 6 heteroatoms. The van der Waals surface area contributed by atoms with Gasteiger partial charge in [0.05, 0.1) is 5.69 Å². The highest BCUT2D eigenvalue weighted by atomic mass is 32.2. The van der Waals surface area contributed by atoms with Crippen LogP contribution in [0.2, 0.25) is 0 Å². The van der Waals surface area contributed by atoms with Crippen LogP contribution in [-0.4, -0.2) is 39.0 Å². The van der Waals surface area contributed by atoms with Crippen molar-refractivity contribution < 1.29 is 9.90 Å². The Morgan fingerprint density at radius 3 is 3.29 bits per heavy atom. The molecule has 0 saturated carbocycles. The van der Waals surface area contributed by atoms with Crippen molar-refractivity contribution in [3.8, 4) is 0 Å². The first-order valence-corrected chi connectivity index (χ1v) is 6.88. The lowest BCUT2D eigenvalue weighted by atomic mass is 9.90. The summed E-state index contributed by atoms with van der Waals surface area (Å²) in [6.45, 7) is 1.79. The zero-order valence-corrected chi connectivity index (χ0v) is 10.2. The molecule has 0 bridgehead atoms. The first-order valence-electron chi connectivity index (χ1n) is 5.90. The molecule has 2 N–H and O–H groups in total. The third-order valence-corrected chi connectivity index (χ3v) is 4.41. The number of carbonyl (C=O) groups is 1. The van der Waals surface area contributed by atoms with Gasteiger partial charge in [0.1, 0.15) is 6.04 Å². The lowest BCUT2D eigenvalue weighted by Crippen LogP contribution is -2.42. The van der Waals surface area contributed by atoms with Gasteiger partial charge in [-0.15, -0.1) is 0 Å². The average Bonchev–Trinajstić information content (AvgIpc) is 2.89. The Balaban J connectivity index is 1.76. The summed E-state index contributed by atoms with van der Waals surface area (Å²) >= 11 is 1.78. The van der Waals surface area contributed by atoms with Crippen molar-refractivity contribution in [1.82, 2.24) is 14.9 Å². The Kier molecular flexibility index (Phi) is 2.84. The molecular weight excluding hydrogens is 238 g/mol. The minimum absolute atomic E-state index is 0.288. The van der Waals surface area contributed by atoms with E-state index in [0.29, 0.717) is 6.42 Å². The largest absolute Gasteiger partial charge is 0.480 e. The summed E-state index contributed by atoms with van der Waals surface area (Å²) < 4.78 is 2.18. The zero-order valence-electron chi connectivity index (χ0n) is 9.43. The van der Waals surface area contributed by atoms with Crippen LogP contribution < -0.4 is 5.32 Å². The van der Waals surface area contributed by atoms with Crippen LogP contribution in [0.4, 0.5) is 0 Å². The van der Waals surface area contributed by atoms with E-state index in [4.69, 9.17) is 5.11 Å². The molecule has 0 aliphatic carbocycles. The van der Waals surface area contributed by atoms with Crippen molar-refractivity contribution in [2.75, 3.05) is 12.3 Å². The highest BCUT2D eigenvalue weighted by Gasteiger charge is 2.29. The van der Waals surface area contributed by atoms with Crippen LogP contribution in [0.3, 0.4) is 0 Å². The quantitative estimate of drug-likeness (QED) is 0.820. The van der Waals surface area contributed by atoms with Crippen molar-refractivity contribution in [3.05, 3.63) is 11.9 Å². The smallest absolute Gasteiger partial charge is 0.320 e. The molecule has 5 nitrogen and oxygen atoms in total. The summed E-state index contributed by atoms with van der Waals surface area (Å²) in [5.74, 6) is 0.638. The lowest BCUT2D eigenvalue weighted by molar-refractivity contribution is -0.140. The molecule has 0 amide bonds. The van der Waals surface area contributed by atoms with Crippen LogP contribution >= 0.6 is 11.8 Å². The second-order valence-corrected chi connectivity index (χ2v) is 5.62. The SMILES string of the molecule is O=C(O)C1CC(c2cn3c(n2)SCC3)CCN1. The van der Waals surface area contributed by atoms with E-state index >= 15 is 0 Å². The van der Waals surface area contributed by atoms with Crippen molar-refractivity contribution in [3.63, 3.8) is 0 Å². The maximum absolute atomic E-state index is 11.0. The number of aryl methyl sites for hydroxylation is 1. The van der Waals surface area contributed by atoms with Crippen LogP contribution in [0.25, 0.3) is 0 Å². The highest BCUT2D eigenvalue weighted by Crippen LogP contribution is 2.31. The molecular formula is C11H15N3O2S. The number of hydrogen-bond donors (Lipinski definition) is 2. The number of nitrogens with zero attached hydrogens (tertiary/aromatic N) is 2. The first-order chi connectivity index (χ1) is 8.24. The van der Waals surface area contributed by atoms with Gasteiger partial charge in [-0.3, -0.25) is 4.79 Å². The molecule has 1 saturated heterocycles. The third kappa shape index (κ3) is 2.07. The van der Waals surface area contributed by atoms with Crippen molar-refractivity contribution >= 4 is 17.7 Å². The molecule has 1 fully saturated rings. The maximum atomic E-state index is 11.0. The predicted octanol–water partition coefficient (Wildman–Crippen LogP) is 0.909. The number of carboxylic acid groups (broad SMARTS) is 1. The van der Waals surface area contributed by atoms with Gasteiger partial charge in [-0.2, -0.15) is 0 Å². The lowest BCUT2D eigenvalue weighted by Gasteiger charge is -2.26. The number of hydrogen-bond acceptors (Lipinski definition) is 4. The number of rotatable bonds is 2. The molecule has 0 spiro atoms. The molecule has 17 heavy (non-hydrogen) atoms. The van der Waals surface area contributed by atoms with Gasteiger partial charge in [0.25, 0.3) is 0 Å². The van der Waals surface area contributed by atoms with Gasteiger partial charge in [-0.05, 0) is 19.4 Å². The molecule has 3 heterocycles. The zero-order chi connectivity index (χ0) is 11.8.